The molecule has 3 aromatic rings. The summed E-state index contributed by atoms with van der Waals surface area (Å²) >= 11 is 12.2. The number of ketones is 1. The van der Waals surface area contributed by atoms with E-state index in [1.54, 1.807) is 55.6 Å². The van der Waals surface area contributed by atoms with E-state index in [-0.39, 0.29) is 18.1 Å². The Morgan fingerprint density at radius 2 is 1.76 bits per heavy atom. The lowest BCUT2D eigenvalue weighted by Crippen LogP contribution is -2.09. The van der Waals surface area contributed by atoms with Crippen LogP contribution in [0.5, 0.6) is 0 Å². The Labute approximate surface area is 178 Å². The molecule has 148 valence electrons. The topological polar surface area (TPSA) is 84.0 Å². The molecule has 0 fully saturated rings. The highest BCUT2D eigenvalue weighted by molar-refractivity contribution is 6.39. The Bertz CT molecular complexity index is 1070. The van der Waals surface area contributed by atoms with Crippen molar-refractivity contribution in [1.82, 2.24) is 9.97 Å². The van der Waals surface area contributed by atoms with E-state index in [1.807, 2.05) is 0 Å². The van der Waals surface area contributed by atoms with Gasteiger partial charge >= 0.3 is 0 Å². The van der Waals surface area contributed by atoms with E-state index in [2.05, 4.69) is 20.6 Å². The molecule has 0 unspecified atom stereocenters. The number of Topliss-reactive ketones (excluding diaryl/α,β-unsaturated/α-hetero) is 1. The van der Waals surface area contributed by atoms with Gasteiger partial charge in [0.25, 0.3) is 0 Å². The summed E-state index contributed by atoms with van der Waals surface area (Å²) in [6.07, 6.45) is 1.74. The standard InChI is InChI=1S/C21H18Cl2N4O2/c1-12-17(26-13(2)28)6-7-19(25-12)27-20-11-14(8-9-24-20)10-18(29)21-15(22)4-3-5-16(21)23/h3-9,11H,10H2,1-2H3,(H,26,28)(H,24,25,27). The molecule has 0 spiro atoms. The number of anilines is 3. The largest absolute Gasteiger partial charge is 0.325 e. The van der Waals surface area contributed by atoms with Crippen LogP contribution in [0.4, 0.5) is 17.3 Å². The van der Waals surface area contributed by atoms with E-state index >= 15 is 0 Å². The molecular formula is C21H18Cl2N4O2. The highest BCUT2D eigenvalue weighted by atomic mass is 35.5. The molecule has 8 heteroatoms. The predicted molar refractivity (Wildman–Crippen MR) is 115 cm³/mol. The van der Waals surface area contributed by atoms with Crippen LogP contribution in [0.15, 0.2) is 48.7 Å². The van der Waals surface area contributed by atoms with Crippen molar-refractivity contribution in [2.45, 2.75) is 20.3 Å². The van der Waals surface area contributed by atoms with Gasteiger partial charge in [0.1, 0.15) is 11.6 Å². The molecule has 2 aromatic heterocycles. The number of aryl methyl sites for hydroxylation is 1. The lowest BCUT2D eigenvalue weighted by molar-refractivity contribution is -0.114. The van der Waals surface area contributed by atoms with Gasteiger partial charge in [-0.2, -0.15) is 0 Å². The Balaban J connectivity index is 1.75. The number of carbonyl (C=O) groups is 2. The van der Waals surface area contributed by atoms with Gasteiger partial charge in [-0.25, -0.2) is 9.97 Å². The number of hydrogen-bond donors (Lipinski definition) is 2. The fraction of sp³-hybridized carbons (Fsp3) is 0.143. The molecule has 0 aliphatic rings. The summed E-state index contributed by atoms with van der Waals surface area (Å²) in [6, 6.07) is 12.0. The Morgan fingerprint density at radius 1 is 1.03 bits per heavy atom. The molecular weight excluding hydrogens is 411 g/mol. The molecule has 1 amide bonds. The number of rotatable bonds is 6. The number of amides is 1. The van der Waals surface area contributed by atoms with Gasteiger partial charge in [0.05, 0.1) is 27.0 Å². The van der Waals surface area contributed by atoms with Crippen LogP contribution in [0, 0.1) is 6.92 Å². The molecule has 1 aromatic carbocycles. The average Bonchev–Trinajstić information content (AvgIpc) is 2.64. The fourth-order valence-corrected chi connectivity index (χ4v) is 3.38. The molecule has 0 saturated carbocycles. The summed E-state index contributed by atoms with van der Waals surface area (Å²) in [5.41, 5.74) is 2.39. The normalized spacial score (nSPS) is 10.5. The van der Waals surface area contributed by atoms with Gasteiger partial charge in [0.15, 0.2) is 5.78 Å². The molecule has 0 atom stereocenters. The Kier molecular flexibility index (Phi) is 6.46. The summed E-state index contributed by atoms with van der Waals surface area (Å²) < 4.78 is 0. The number of carbonyl (C=O) groups excluding carboxylic acids is 2. The highest BCUT2D eigenvalue weighted by Gasteiger charge is 2.15. The number of halogens is 2. The summed E-state index contributed by atoms with van der Waals surface area (Å²) in [5.74, 6) is 0.779. The van der Waals surface area contributed by atoms with Gasteiger partial charge in [-0.3, -0.25) is 9.59 Å². The summed E-state index contributed by atoms with van der Waals surface area (Å²) in [5, 5.41) is 6.47. The van der Waals surface area contributed by atoms with Crippen LogP contribution in [-0.2, 0) is 11.2 Å². The van der Waals surface area contributed by atoms with Crippen molar-refractivity contribution in [1.29, 1.82) is 0 Å². The van der Waals surface area contributed by atoms with Crippen molar-refractivity contribution >= 4 is 52.2 Å². The smallest absolute Gasteiger partial charge is 0.221 e. The molecule has 0 saturated heterocycles. The predicted octanol–water partition coefficient (Wildman–Crippen LogP) is 5.22. The minimum Gasteiger partial charge on any atom is -0.325 e. The third-order valence-corrected chi connectivity index (χ3v) is 4.71. The van der Waals surface area contributed by atoms with E-state index in [0.717, 1.165) is 5.56 Å². The van der Waals surface area contributed by atoms with Crippen LogP contribution in [0.3, 0.4) is 0 Å². The molecule has 29 heavy (non-hydrogen) atoms. The Hall–Kier alpha value is -2.96. The molecule has 3 rings (SSSR count). The second-order valence-corrected chi connectivity index (χ2v) is 7.20. The molecule has 2 N–H and O–H groups in total. The van der Waals surface area contributed by atoms with E-state index in [1.165, 1.54) is 6.92 Å². The SMILES string of the molecule is CC(=O)Nc1ccc(Nc2cc(CC(=O)c3c(Cl)cccc3Cl)ccn2)nc1C. The number of hydrogen-bond acceptors (Lipinski definition) is 5. The van der Waals surface area contributed by atoms with Crippen LogP contribution < -0.4 is 10.6 Å². The van der Waals surface area contributed by atoms with Crippen LogP contribution in [0.25, 0.3) is 0 Å². The number of nitrogens with one attached hydrogen (secondary N) is 2. The maximum atomic E-state index is 12.6. The van der Waals surface area contributed by atoms with Gasteiger partial charge in [-0.15, -0.1) is 0 Å². The zero-order valence-corrected chi connectivity index (χ0v) is 17.3. The number of aromatic nitrogens is 2. The van der Waals surface area contributed by atoms with Crippen molar-refractivity contribution in [2.75, 3.05) is 10.6 Å². The van der Waals surface area contributed by atoms with Crippen LogP contribution in [0.1, 0.15) is 28.5 Å². The zero-order chi connectivity index (χ0) is 21.0. The van der Waals surface area contributed by atoms with Crippen LogP contribution >= 0.6 is 23.2 Å². The summed E-state index contributed by atoms with van der Waals surface area (Å²) in [4.78, 5) is 32.5. The third kappa shape index (κ3) is 5.31. The second-order valence-electron chi connectivity index (χ2n) is 6.38. The lowest BCUT2D eigenvalue weighted by atomic mass is 10.0. The van der Waals surface area contributed by atoms with Crippen molar-refractivity contribution in [3.05, 3.63) is 75.5 Å². The first kappa shape index (κ1) is 20.8. The van der Waals surface area contributed by atoms with Crippen LogP contribution in [0.2, 0.25) is 10.0 Å². The summed E-state index contributed by atoms with van der Waals surface area (Å²) in [6.45, 7) is 3.24. The van der Waals surface area contributed by atoms with Gasteiger partial charge in [-0.1, -0.05) is 29.3 Å². The minimum atomic E-state index is -0.175. The molecule has 6 nitrogen and oxygen atoms in total. The molecule has 0 aliphatic carbocycles. The van der Waals surface area contributed by atoms with Crippen LogP contribution in [-0.4, -0.2) is 21.7 Å². The first-order valence-corrected chi connectivity index (χ1v) is 9.53. The van der Waals surface area contributed by atoms with Gasteiger partial charge < -0.3 is 10.6 Å². The highest BCUT2D eigenvalue weighted by Crippen LogP contribution is 2.26. The van der Waals surface area contributed by atoms with E-state index in [4.69, 9.17) is 23.2 Å². The lowest BCUT2D eigenvalue weighted by Gasteiger charge is -2.10. The maximum absolute atomic E-state index is 12.6. The van der Waals surface area contributed by atoms with Gasteiger partial charge in [0, 0.05) is 19.5 Å². The van der Waals surface area contributed by atoms with Gasteiger partial charge in [-0.05, 0) is 48.9 Å². The summed E-state index contributed by atoms with van der Waals surface area (Å²) in [7, 11) is 0. The number of nitrogens with zero attached hydrogens (tertiary/aromatic N) is 2. The first-order chi connectivity index (χ1) is 13.8. The monoisotopic (exact) mass is 428 g/mol. The van der Waals surface area contributed by atoms with Crippen molar-refractivity contribution in [3.8, 4) is 0 Å². The Morgan fingerprint density at radius 3 is 2.41 bits per heavy atom. The second kappa shape index (κ2) is 9.03. The van der Waals surface area contributed by atoms with Crippen molar-refractivity contribution in [2.24, 2.45) is 0 Å². The number of benzene rings is 1. The average molecular weight is 429 g/mol. The molecule has 0 bridgehead atoms. The third-order valence-electron chi connectivity index (χ3n) is 4.08. The molecule has 0 radical (unpaired) electrons. The van der Waals surface area contributed by atoms with Crippen molar-refractivity contribution < 1.29 is 9.59 Å². The first-order valence-electron chi connectivity index (χ1n) is 8.78. The van der Waals surface area contributed by atoms with Gasteiger partial charge in [0.2, 0.25) is 5.91 Å². The van der Waals surface area contributed by atoms with E-state index < -0.39 is 0 Å². The maximum Gasteiger partial charge on any atom is 0.221 e. The number of pyridine rings is 2. The van der Waals surface area contributed by atoms with E-state index in [0.29, 0.717) is 38.6 Å². The van der Waals surface area contributed by atoms with E-state index in [9.17, 15) is 9.59 Å². The molecule has 0 aliphatic heterocycles. The molecule has 2 heterocycles. The fourth-order valence-electron chi connectivity index (χ4n) is 2.77. The van der Waals surface area contributed by atoms with Crippen molar-refractivity contribution in [3.63, 3.8) is 0 Å². The quantitative estimate of drug-likeness (QED) is 0.525. The minimum absolute atomic E-state index is 0.134. The zero-order valence-electron chi connectivity index (χ0n) is 15.8.